The zero-order valence-electron chi connectivity index (χ0n) is 11.7. The van der Waals surface area contributed by atoms with Gasteiger partial charge in [-0.25, -0.2) is 9.78 Å². The number of aromatic nitrogens is 2. The molecule has 1 aromatic carbocycles. The summed E-state index contributed by atoms with van der Waals surface area (Å²) in [5, 5.41) is 9.23. The van der Waals surface area contributed by atoms with E-state index in [4.69, 9.17) is 5.73 Å². The lowest BCUT2D eigenvalue weighted by atomic mass is 10.0. The summed E-state index contributed by atoms with van der Waals surface area (Å²) in [6.45, 7) is 5.29. The second-order valence-corrected chi connectivity index (χ2v) is 5.12. The number of carboxylic acid groups (broad SMARTS) is 1. The monoisotopic (exact) mass is 275 g/mol. The van der Waals surface area contributed by atoms with Crippen LogP contribution in [-0.4, -0.2) is 26.5 Å². The Morgan fingerprint density at radius 1 is 1.40 bits per heavy atom. The lowest BCUT2D eigenvalue weighted by Crippen LogP contribution is -2.41. The van der Waals surface area contributed by atoms with E-state index in [1.165, 1.54) is 6.07 Å². The minimum atomic E-state index is -1.04. The number of carbonyl (C=O) groups is 2. The number of carboxylic acids is 1. The number of aromatic carboxylic acids is 1. The van der Waals surface area contributed by atoms with Crippen molar-refractivity contribution in [3.8, 4) is 0 Å². The zero-order valence-corrected chi connectivity index (χ0v) is 11.7. The van der Waals surface area contributed by atoms with Gasteiger partial charge in [0, 0.05) is 6.42 Å². The van der Waals surface area contributed by atoms with E-state index in [2.05, 4.69) is 4.98 Å². The van der Waals surface area contributed by atoms with Crippen molar-refractivity contribution in [3.05, 3.63) is 29.6 Å². The largest absolute Gasteiger partial charge is 0.478 e. The summed E-state index contributed by atoms with van der Waals surface area (Å²) in [6, 6.07) is 4.89. The van der Waals surface area contributed by atoms with Crippen LogP contribution in [-0.2, 0) is 16.8 Å². The fourth-order valence-corrected chi connectivity index (χ4v) is 2.29. The number of primary amides is 1. The van der Waals surface area contributed by atoms with Gasteiger partial charge in [0.15, 0.2) is 0 Å². The van der Waals surface area contributed by atoms with Crippen molar-refractivity contribution in [2.45, 2.75) is 32.7 Å². The first kappa shape index (κ1) is 14.0. The van der Waals surface area contributed by atoms with E-state index in [0.717, 1.165) is 0 Å². The van der Waals surface area contributed by atoms with Crippen LogP contribution >= 0.6 is 0 Å². The zero-order chi connectivity index (χ0) is 15.1. The maximum absolute atomic E-state index is 11.7. The Morgan fingerprint density at radius 3 is 2.55 bits per heavy atom. The van der Waals surface area contributed by atoms with E-state index in [9.17, 15) is 14.7 Å². The molecule has 0 aliphatic carbocycles. The number of carbonyl (C=O) groups excluding carboxylic acids is 1. The van der Waals surface area contributed by atoms with Crippen molar-refractivity contribution < 1.29 is 14.7 Å². The highest BCUT2D eigenvalue weighted by molar-refractivity contribution is 6.01. The summed E-state index contributed by atoms with van der Waals surface area (Å²) in [5.74, 6) is -0.899. The topological polar surface area (TPSA) is 98.2 Å². The number of nitrogens with two attached hydrogens (primary N) is 1. The first-order chi connectivity index (χ1) is 9.30. The predicted octanol–water partition coefficient (Wildman–Crippen LogP) is 1.52. The van der Waals surface area contributed by atoms with Gasteiger partial charge >= 0.3 is 5.97 Å². The van der Waals surface area contributed by atoms with Crippen LogP contribution in [0.2, 0.25) is 0 Å². The van der Waals surface area contributed by atoms with Gasteiger partial charge in [-0.05, 0) is 26.0 Å². The van der Waals surface area contributed by atoms with Gasteiger partial charge in [0.1, 0.15) is 16.9 Å². The van der Waals surface area contributed by atoms with Crippen molar-refractivity contribution >= 4 is 22.9 Å². The fourth-order valence-electron chi connectivity index (χ4n) is 2.29. The Morgan fingerprint density at radius 2 is 2.05 bits per heavy atom. The molecule has 0 atom stereocenters. The Balaban J connectivity index is 2.87. The molecule has 1 amide bonds. The van der Waals surface area contributed by atoms with E-state index in [1.54, 1.807) is 30.5 Å². The van der Waals surface area contributed by atoms with Crippen molar-refractivity contribution in [2.24, 2.45) is 5.73 Å². The lowest BCUT2D eigenvalue weighted by Gasteiger charge is -2.25. The molecular formula is C14H17N3O3. The summed E-state index contributed by atoms with van der Waals surface area (Å²) in [4.78, 5) is 27.3. The number of benzene rings is 1. The second-order valence-electron chi connectivity index (χ2n) is 5.12. The molecule has 1 heterocycles. The van der Waals surface area contributed by atoms with E-state index < -0.39 is 17.4 Å². The molecule has 0 aliphatic heterocycles. The normalized spacial score (nSPS) is 11.8. The van der Waals surface area contributed by atoms with E-state index in [1.807, 2.05) is 6.92 Å². The molecule has 0 aliphatic rings. The fraction of sp³-hybridized carbons (Fsp3) is 0.357. The van der Waals surface area contributed by atoms with Gasteiger partial charge < -0.3 is 15.4 Å². The van der Waals surface area contributed by atoms with Crippen molar-refractivity contribution in [2.75, 3.05) is 0 Å². The van der Waals surface area contributed by atoms with Gasteiger partial charge in [-0.15, -0.1) is 0 Å². The highest BCUT2D eigenvalue weighted by atomic mass is 16.4. The lowest BCUT2D eigenvalue weighted by molar-refractivity contribution is -0.125. The van der Waals surface area contributed by atoms with E-state index >= 15 is 0 Å². The molecule has 0 radical (unpaired) electrons. The van der Waals surface area contributed by atoms with Crippen LogP contribution in [0.5, 0.6) is 0 Å². The van der Waals surface area contributed by atoms with Crippen LogP contribution < -0.4 is 5.73 Å². The number of amides is 1. The number of hydrogen-bond donors (Lipinski definition) is 2. The van der Waals surface area contributed by atoms with Crippen molar-refractivity contribution in [1.82, 2.24) is 9.55 Å². The van der Waals surface area contributed by atoms with Crippen LogP contribution in [0.25, 0.3) is 11.0 Å². The van der Waals surface area contributed by atoms with Crippen LogP contribution in [0, 0.1) is 0 Å². The maximum atomic E-state index is 11.7. The van der Waals surface area contributed by atoms with Gasteiger partial charge in [0.25, 0.3) is 0 Å². The molecule has 0 unspecified atom stereocenters. The summed E-state index contributed by atoms with van der Waals surface area (Å²) in [6.07, 6.45) is 0.574. The van der Waals surface area contributed by atoms with Gasteiger partial charge in [-0.1, -0.05) is 13.0 Å². The molecule has 0 bridgehead atoms. The Hall–Kier alpha value is -2.37. The number of rotatable bonds is 4. The average molecular weight is 275 g/mol. The third kappa shape index (κ3) is 1.93. The first-order valence-electron chi connectivity index (χ1n) is 6.34. The van der Waals surface area contributed by atoms with E-state index in [-0.39, 0.29) is 5.56 Å². The highest BCUT2D eigenvalue weighted by Crippen LogP contribution is 2.27. The number of para-hydroxylation sites is 1. The summed E-state index contributed by atoms with van der Waals surface area (Å²) >= 11 is 0. The molecule has 0 fully saturated rings. The number of imidazole rings is 1. The predicted molar refractivity (Wildman–Crippen MR) is 74.6 cm³/mol. The number of hydrogen-bond acceptors (Lipinski definition) is 3. The minimum absolute atomic E-state index is 0.122. The molecular weight excluding hydrogens is 258 g/mol. The number of fused-ring (bicyclic) bond motifs is 1. The standard InChI is InChI=1S/C14H17N3O3/c1-4-10-16-11-8(12(18)19)6-5-7-9(11)17(10)14(2,3)13(15)20/h5-7H,4H2,1-3H3,(H2,15,20)(H,18,19). The van der Waals surface area contributed by atoms with Gasteiger partial charge in [0.05, 0.1) is 11.1 Å². The van der Waals surface area contributed by atoms with Crippen LogP contribution in [0.1, 0.15) is 37.0 Å². The number of aryl methyl sites for hydroxylation is 1. The molecule has 1 aromatic heterocycles. The molecule has 6 heteroatoms. The molecule has 0 saturated carbocycles. The third-order valence-corrected chi connectivity index (χ3v) is 3.46. The second kappa shape index (κ2) is 4.63. The van der Waals surface area contributed by atoms with Gasteiger partial charge in [-0.3, -0.25) is 4.79 Å². The van der Waals surface area contributed by atoms with Crippen LogP contribution in [0.4, 0.5) is 0 Å². The van der Waals surface area contributed by atoms with Crippen molar-refractivity contribution in [3.63, 3.8) is 0 Å². The summed E-state index contributed by atoms with van der Waals surface area (Å²) < 4.78 is 1.72. The van der Waals surface area contributed by atoms with Crippen LogP contribution in [0.15, 0.2) is 18.2 Å². The molecule has 0 spiro atoms. The number of nitrogens with zero attached hydrogens (tertiary/aromatic N) is 2. The van der Waals surface area contributed by atoms with Gasteiger partial charge in [0.2, 0.25) is 5.91 Å². The van der Waals surface area contributed by atoms with E-state index in [0.29, 0.717) is 23.3 Å². The summed E-state index contributed by atoms with van der Waals surface area (Å²) in [5.41, 5.74) is 5.60. The molecule has 2 aromatic rings. The maximum Gasteiger partial charge on any atom is 0.337 e. The molecule has 20 heavy (non-hydrogen) atoms. The molecule has 0 saturated heterocycles. The SMILES string of the molecule is CCc1nc2c(C(=O)O)cccc2n1C(C)(C)C(N)=O. The minimum Gasteiger partial charge on any atom is -0.478 e. The molecule has 2 rings (SSSR count). The molecule has 6 nitrogen and oxygen atoms in total. The van der Waals surface area contributed by atoms with Crippen molar-refractivity contribution in [1.29, 1.82) is 0 Å². The molecule has 3 N–H and O–H groups in total. The Bertz CT molecular complexity index is 701. The summed E-state index contributed by atoms with van der Waals surface area (Å²) in [7, 11) is 0. The molecule has 106 valence electrons. The average Bonchev–Trinajstić information content (AvgIpc) is 2.76. The Labute approximate surface area is 116 Å². The van der Waals surface area contributed by atoms with Gasteiger partial charge in [-0.2, -0.15) is 0 Å². The highest BCUT2D eigenvalue weighted by Gasteiger charge is 2.32. The Kier molecular flexibility index (Phi) is 3.25. The smallest absolute Gasteiger partial charge is 0.337 e. The van der Waals surface area contributed by atoms with Crippen LogP contribution in [0.3, 0.4) is 0 Å². The first-order valence-corrected chi connectivity index (χ1v) is 6.34. The quantitative estimate of drug-likeness (QED) is 0.883. The third-order valence-electron chi connectivity index (χ3n) is 3.46.